The fourth-order valence-electron chi connectivity index (χ4n) is 2.73. The van der Waals surface area contributed by atoms with Gasteiger partial charge in [-0.15, -0.1) is 0 Å². The van der Waals surface area contributed by atoms with Gasteiger partial charge in [-0.1, -0.05) is 18.2 Å². The number of benzene rings is 1. The quantitative estimate of drug-likeness (QED) is 0.751. The molecule has 2 nitrogen and oxygen atoms in total. The maximum atomic E-state index is 11.4. The van der Waals surface area contributed by atoms with Gasteiger partial charge in [-0.05, 0) is 24.5 Å². The zero-order valence-corrected chi connectivity index (χ0v) is 8.56. The highest BCUT2D eigenvalue weighted by Crippen LogP contribution is 2.55. The van der Waals surface area contributed by atoms with Crippen LogP contribution in [0.15, 0.2) is 30.3 Å². The Kier molecular flexibility index (Phi) is 2.01. The molecule has 0 spiro atoms. The van der Waals surface area contributed by atoms with E-state index in [9.17, 15) is 4.79 Å². The molecule has 0 bridgehead atoms. The standard InChI is InChI=1S/C13H14O2/c14-12-7-6-10-11(13(10)12)8-15-9-4-2-1-3-5-9/h1-5,10-11,13H,6-8H2. The van der Waals surface area contributed by atoms with Gasteiger partial charge in [0.2, 0.25) is 0 Å². The molecule has 0 radical (unpaired) electrons. The minimum atomic E-state index is 0.341. The second-order valence-electron chi connectivity index (χ2n) is 4.48. The maximum Gasteiger partial charge on any atom is 0.136 e. The van der Waals surface area contributed by atoms with Crippen LogP contribution in [0.4, 0.5) is 0 Å². The smallest absolute Gasteiger partial charge is 0.136 e. The van der Waals surface area contributed by atoms with E-state index in [4.69, 9.17) is 4.74 Å². The lowest BCUT2D eigenvalue weighted by Gasteiger charge is -2.06. The first-order chi connectivity index (χ1) is 7.36. The van der Waals surface area contributed by atoms with Crippen molar-refractivity contribution in [1.82, 2.24) is 0 Å². The van der Waals surface area contributed by atoms with E-state index in [2.05, 4.69) is 0 Å². The summed E-state index contributed by atoms with van der Waals surface area (Å²) in [5, 5.41) is 0. The van der Waals surface area contributed by atoms with Crippen molar-refractivity contribution in [2.75, 3.05) is 6.61 Å². The second-order valence-corrected chi connectivity index (χ2v) is 4.48. The summed E-state index contributed by atoms with van der Waals surface area (Å²) in [7, 11) is 0. The lowest BCUT2D eigenvalue weighted by atomic mass is 10.1. The number of ketones is 1. The third-order valence-corrected chi connectivity index (χ3v) is 3.61. The Labute approximate surface area is 89.2 Å². The first-order valence-corrected chi connectivity index (χ1v) is 5.57. The van der Waals surface area contributed by atoms with Crippen molar-refractivity contribution in [3.63, 3.8) is 0 Å². The van der Waals surface area contributed by atoms with Crippen molar-refractivity contribution in [3.05, 3.63) is 30.3 Å². The number of para-hydroxylation sites is 1. The second kappa shape index (κ2) is 3.37. The maximum absolute atomic E-state index is 11.4. The number of carbonyl (C=O) groups excluding carboxylic acids is 1. The van der Waals surface area contributed by atoms with Gasteiger partial charge in [-0.25, -0.2) is 0 Å². The molecular weight excluding hydrogens is 188 g/mol. The third kappa shape index (κ3) is 1.54. The van der Waals surface area contributed by atoms with E-state index in [1.807, 2.05) is 30.3 Å². The Balaban J connectivity index is 1.55. The molecule has 1 aromatic carbocycles. The van der Waals surface area contributed by atoms with Gasteiger partial charge < -0.3 is 4.74 Å². The Bertz CT molecular complexity index is 371. The molecule has 2 aliphatic rings. The summed E-state index contributed by atoms with van der Waals surface area (Å²) in [6, 6.07) is 9.82. The summed E-state index contributed by atoms with van der Waals surface area (Å²) in [4.78, 5) is 11.4. The van der Waals surface area contributed by atoms with Gasteiger partial charge in [-0.3, -0.25) is 4.79 Å². The first kappa shape index (κ1) is 8.96. The summed E-state index contributed by atoms with van der Waals surface area (Å²) in [6.07, 6.45) is 1.89. The van der Waals surface area contributed by atoms with Gasteiger partial charge >= 0.3 is 0 Å². The minimum Gasteiger partial charge on any atom is -0.493 e. The average molecular weight is 202 g/mol. The van der Waals surface area contributed by atoms with E-state index >= 15 is 0 Å². The Morgan fingerprint density at radius 3 is 2.73 bits per heavy atom. The number of ether oxygens (including phenoxy) is 1. The van der Waals surface area contributed by atoms with Crippen LogP contribution in [0.25, 0.3) is 0 Å². The molecular formula is C13H14O2. The Morgan fingerprint density at radius 2 is 2.07 bits per heavy atom. The van der Waals surface area contributed by atoms with Crippen molar-refractivity contribution in [1.29, 1.82) is 0 Å². The van der Waals surface area contributed by atoms with Crippen LogP contribution >= 0.6 is 0 Å². The molecule has 15 heavy (non-hydrogen) atoms. The zero-order valence-electron chi connectivity index (χ0n) is 8.56. The number of carbonyl (C=O) groups is 1. The largest absolute Gasteiger partial charge is 0.493 e. The molecule has 0 heterocycles. The van der Waals surface area contributed by atoms with Gasteiger partial charge in [0.25, 0.3) is 0 Å². The molecule has 2 fully saturated rings. The lowest BCUT2D eigenvalue weighted by molar-refractivity contribution is -0.119. The van der Waals surface area contributed by atoms with Crippen LogP contribution < -0.4 is 4.74 Å². The highest BCUT2D eigenvalue weighted by atomic mass is 16.5. The van der Waals surface area contributed by atoms with Crippen LogP contribution in [0.5, 0.6) is 5.75 Å². The van der Waals surface area contributed by atoms with E-state index in [0.29, 0.717) is 30.1 Å². The van der Waals surface area contributed by atoms with E-state index in [1.54, 1.807) is 0 Å². The molecule has 0 aliphatic heterocycles. The Morgan fingerprint density at radius 1 is 1.27 bits per heavy atom. The van der Waals surface area contributed by atoms with Gasteiger partial charge in [0.15, 0.2) is 0 Å². The molecule has 1 aromatic rings. The van der Waals surface area contributed by atoms with Crippen LogP contribution in [0.2, 0.25) is 0 Å². The van der Waals surface area contributed by atoms with Crippen LogP contribution in [0, 0.1) is 17.8 Å². The number of Topliss-reactive ketones (excluding diaryl/α,β-unsaturated/α-hetero) is 1. The molecule has 0 N–H and O–H groups in total. The molecule has 0 amide bonds. The average Bonchev–Trinajstić information content (AvgIpc) is 2.85. The molecule has 3 rings (SSSR count). The van der Waals surface area contributed by atoms with E-state index in [1.165, 1.54) is 0 Å². The zero-order chi connectivity index (χ0) is 10.3. The number of rotatable bonds is 3. The minimum absolute atomic E-state index is 0.341. The Hall–Kier alpha value is -1.31. The SMILES string of the molecule is O=C1CCC2C(COc3ccccc3)C12. The van der Waals surface area contributed by atoms with Crippen molar-refractivity contribution < 1.29 is 9.53 Å². The van der Waals surface area contributed by atoms with Crippen molar-refractivity contribution in [2.45, 2.75) is 12.8 Å². The van der Waals surface area contributed by atoms with Gasteiger partial charge in [-0.2, -0.15) is 0 Å². The van der Waals surface area contributed by atoms with E-state index in [-0.39, 0.29) is 0 Å². The topological polar surface area (TPSA) is 26.3 Å². The summed E-state index contributed by atoms with van der Waals surface area (Å²) in [6.45, 7) is 0.713. The van der Waals surface area contributed by atoms with Crippen LogP contribution in [0.3, 0.4) is 0 Å². The highest BCUT2D eigenvalue weighted by Gasteiger charge is 2.58. The predicted octanol–water partition coefficient (Wildman–Crippen LogP) is 2.29. The van der Waals surface area contributed by atoms with Crippen LogP contribution in [0.1, 0.15) is 12.8 Å². The fraction of sp³-hybridized carbons (Fsp3) is 0.462. The third-order valence-electron chi connectivity index (χ3n) is 3.61. The monoisotopic (exact) mass is 202 g/mol. The van der Waals surface area contributed by atoms with Crippen molar-refractivity contribution in [2.24, 2.45) is 17.8 Å². The molecule has 3 atom stereocenters. The first-order valence-electron chi connectivity index (χ1n) is 5.57. The van der Waals surface area contributed by atoms with Gasteiger partial charge in [0.1, 0.15) is 11.5 Å². The van der Waals surface area contributed by atoms with E-state index < -0.39 is 0 Å². The van der Waals surface area contributed by atoms with Crippen molar-refractivity contribution in [3.8, 4) is 5.75 Å². The van der Waals surface area contributed by atoms with E-state index in [0.717, 1.165) is 18.6 Å². The van der Waals surface area contributed by atoms with Gasteiger partial charge in [0.05, 0.1) is 6.61 Å². The predicted molar refractivity (Wildman–Crippen MR) is 56.6 cm³/mol. The van der Waals surface area contributed by atoms with Crippen LogP contribution in [-0.4, -0.2) is 12.4 Å². The lowest BCUT2D eigenvalue weighted by Crippen LogP contribution is -2.07. The fourth-order valence-corrected chi connectivity index (χ4v) is 2.73. The molecule has 2 saturated carbocycles. The summed E-state index contributed by atoms with van der Waals surface area (Å²) < 4.78 is 5.66. The molecule has 2 aliphatic carbocycles. The molecule has 3 unspecified atom stereocenters. The number of fused-ring (bicyclic) bond motifs is 1. The highest BCUT2D eigenvalue weighted by molar-refractivity contribution is 5.87. The molecule has 78 valence electrons. The van der Waals surface area contributed by atoms with Crippen molar-refractivity contribution >= 4 is 5.78 Å². The summed E-state index contributed by atoms with van der Waals surface area (Å²) in [5.74, 6) is 2.86. The molecule has 0 aromatic heterocycles. The van der Waals surface area contributed by atoms with Crippen LogP contribution in [-0.2, 0) is 4.79 Å². The molecule has 2 heteroatoms. The number of hydrogen-bond donors (Lipinski definition) is 0. The van der Waals surface area contributed by atoms with Gasteiger partial charge in [0, 0.05) is 18.3 Å². The summed E-state index contributed by atoms with van der Waals surface area (Å²) >= 11 is 0. The normalized spacial score (nSPS) is 32.5. The number of hydrogen-bond acceptors (Lipinski definition) is 2. The molecule has 0 saturated heterocycles. The summed E-state index contributed by atoms with van der Waals surface area (Å²) in [5.41, 5.74) is 0.